The minimum absolute atomic E-state index is 0.461. The summed E-state index contributed by atoms with van der Waals surface area (Å²) >= 11 is 0. The molecular formula is C13H23N. The molecule has 0 radical (unpaired) electrons. The second kappa shape index (κ2) is 7.57. The summed E-state index contributed by atoms with van der Waals surface area (Å²) in [6, 6.07) is 0. The fourth-order valence-corrected chi connectivity index (χ4v) is 1.06. The van der Waals surface area contributed by atoms with Crippen molar-refractivity contribution in [1.29, 1.82) is 0 Å². The van der Waals surface area contributed by atoms with Crippen LogP contribution in [0.5, 0.6) is 0 Å². The quantitative estimate of drug-likeness (QED) is 0.462. The number of nitrogens with zero attached hydrogens (tertiary/aromatic N) is 1. The molecule has 1 unspecified atom stereocenters. The Morgan fingerprint density at radius 3 is 2.64 bits per heavy atom. The van der Waals surface area contributed by atoms with Crippen LogP contribution in [0.15, 0.2) is 36.5 Å². The first-order valence-corrected chi connectivity index (χ1v) is 5.25. The summed E-state index contributed by atoms with van der Waals surface area (Å²) in [7, 11) is 2.13. The Morgan fingerprint density at radius 1 is 1.50 bits per heavy atom. The summed E-state index contributed by atoms with van der Waals surface area (Å²) < 4.78 is 0. The summed E-state index contributed by atoms with van der Waals surface area (Å²) in [6.07, 6.45) is 8.39. The Labute approximate surface area is 88.8 Å². The predicted octanol–water partition coefficient (Wildman–Crippen LogP) is 3.26. The maximum absolute atomic E-state index is 3.74. The first-order chi connectivity index (χ1) is 6.60. The predicted molar refractivity (Wildman–Crippen MR) is 65.4 cm³/mol. The van der Waals surface area contributed by atoms with E-state index in [2.05, 4.69) is 57.5 Å². The van der Waals surface area contributed by atoms with Crippen molar-refractivity contribution in [3.8, 4) is 0 Å². The lowest BCUT2D eigenvalue weighted by molar-refractivity contribution is 0.383. The molecule has 0 aliphatic rings. The van der Waals surface area contributed by atoms with Crippen molar-refractivity contribution in [1.82, 2.24) is 4.90 Å². The van der Waals surface area contributed by atoms with E-state index >= 15 is 0 Å². The van der Waals surface area contributed by atoms with Gasteiger partial charge in [0, 0.05) is 6.54 Å². The van der Waals surface area contributed by atoms with E-state index in [1.54, 1.807) is 0 Å². The zero-order valence-corrected chi connectivity index (χ0v) is 9.96. The van der Waals surface area contributed by atoms with Gasteiger partial charge in [-0.1, -0.05) is 43.7 Å². The topological polar surface area (TPSA) is 3.24 Å². The summed E-state index contributed by atoms with van der Waals surface area (Å²) in [5.41, 5.74) is 1.39. The van der Waals surface area contributed by atoms with Crippen LogP contribution in [-0.2, 0) is 0 Å². The van der Waals surface area contributed by atoms with Gasteiger partial charge < -0.3 is 4.90 Å². The van der Waals surface area contributed by atoms with E-state index in [-0.39, 0.29) is 0 Å². The average molecular weight is 193 g/mol. The molecule has 0 saturated heterocycles. The highest BCUT2D eigenvalue weighted by atomic mass is 15.1. The Bertz CT molecular complexity index is 213. The van der Waals surface area contributed by atoms with Gasteiger partial charge >= 0.3 is 0 Å². The van der Waals surface area contributed by atoms with Crippen LogP contribution in [0, 0.1) is 5.92 Å². The molecule has 0 aliphatic carbocycles. The third-order valence-electron chi connectivity index (χ3n) is 2.23. The standard InChI is InChI=1S/C13H23N/c1-6-12(3)9-8-10-13(4)11-14(5)7-2/h6,8-10,12H,1,7,11H2,2-5H3/b9-8?,13-10+. The van der Waals surface area contributed by atoms with Crippen molar-refractivity contribution in [2.75, 3.05) is 20.1 Å². The molecule has 0 N–H and O–H groups in total. The van der Waals surface area contributed by atoms with E-state index < -0.39 is 0 Å². The molecule has 1 heteroatoms. The number of hydrogen-bond donors (Lipinski definition) is 0. The lowest BCUT2D eigenvalue weighted by Gasteiger charge is -2.13. The van der Waals surface area contributed by atoms with Gasteiger partial charge in [0.1, 0.15) is 0 Å². The molecule has 1 nitrogen and oxygen atoms in total. The van der Waals surface area contributed by atoms with E-state index in [4.69, 9.17) is 0 Å². The Hall–Kier alpha value is -0.820. The highest BCUT2D eigenvalue weighted by Crippen LogP contribution is 2.00. The molecule has 0 aromatic rings. The second-order valence-electron chi connectivity index (χ2n) is 3.82. The molecule has 0 aromatic carbocycles. The minimum atomic E-state index is 0.461. The highest BCUT2D eigenvalue weighted by molar-refractivity contribution is 5.13. The Kier molecular flexibility index (Phi) is 7.13. The van der Waals surface area contributed by atoms with Gasteiger partial charge in [-0.15, -0.1) is 6.58 Å². The van der Waals surface area contributed by atoms with Crippen LogP contribution in [0.25, 0.3) is 0 Å². The molecule has 0 saturated carbocycles. The van der Waals surface area contributed by atoms with Crippen LogP contribution in [-0.4, -0.2) is 25.0 Å². The van der Waals surface area contributed by atoms with Crippen molar-refractivity contribution < 1.29 is 0 Å². The lowest BCUT2D eigenvalue weighted by atomic mass is 10.1. The lowest BCUT2D eigenvalue weighted by Crippen LogP contribution is -2.19. The van der Waals surface area contributed by atoms with Gasteiger partial charge in [0.15, 0.2) is 0 Å². The SMILES string of the molecule is C=CC(C)C=C/C=C(\C)CN(C)CC. The van der Waals surface area contributed by atoms with Gasteiger partial charge in [-0.05, 0) is 26.4 Å². The van der Waals surface area contributed by atoms with Gasteiger partial charge in [0.2, 0.25) is 0 Å². The van der Waals surface area contributed by atoms with Gasteiger partial charge in [-0.25, -0.2) is 0 Å². The van der Waals surface area contributed by atoms with Crippen molar-refractivity contribution in [3.63, 3.8) is 0 Å². The van der Waals surface area contributed by atoms with Crippen LogP contribution >= 0.6 is 0 Å². The van der Waals surface area contributed by atoms with Crippen LogP contribution in [0.4, 0.5) is 0 Å². The van der Waals surface area contributed by atoms with Crippen molar-refractivity contribution in [2.45, 2.75) is 20.8 Å². The van der Waals surface area contributed by atoms with Crippen LogP contribution in [0.2, 0.25) is 0 Å². The maximum Gasteiger partial charge on any atom is 0.0190 e. The molecule has 0 rings (SSSR count). The molecule has 0 bridgehead atoms. The number of likely N-dealkylation sites (N-methyl/N-ethyl adjacent to an activating group) is 1. The summed E-state index contributed by atoms with van der Waals surface area (Å²) in [5.74, 6) is 0.461. The summed E-state index contributed by atoms with van der Waals surface area (Å²) in [6.45, 7) is 12.3. The molecule has 80 valence electrons. The smallest absolute Gasteiger partial charge is 0.0190 e. The monoisotopic (exact) mass is 193 g/mol. The fraction of sp³-hybridized carbons (Fsp3) is 0.538. The van der Waals surface area contributed by atoms with Crippen molar-refractivity contribution >= 4 is 0 Å². The normalized spacial score (nSPS) is 15.1. The van der Waals surface area contributed by atoms with Gasteiger partial charge in [-0.3, -0.25) is 0 Å². The number of hydrogen-bond acceptors (Lipinski definition) is 1. The van der Waals surface area contributed by atoms with Crippen LogP contribution in [0.3, 0.4) is 0 Å². The minimum Gasteiger partial charge on any atom is -0.303 e. The van der Waals surface area contributed by atoms with E-state index in [0.717, 1.165) is 13.1 Å². The summed E-state index contributed by atoms with van der Waals surface area (Å²) in [5, 5.41) is 0. The first kappa shape index (κ1) is 13.2. The summed E-state index contributed by atoms with van der Waals surface area (Å²) in [4.78, 5) is 2.29. The average Bonchev–Trinajstić information content (AvgIpc) is 2.17. The molecule has 0 heterocycles. The number of allylic oxidation sites excluding steroid dienone is 4. The van der Waals surface area contributed by atoms with Gasteiger partial charge in [0.05, 0.1) is 0 Å². The molecule has 0 aromatic heterocycles. The number of rotatable bonds is 6. The molecular weight excluding hydrogens is 170 g/mol. The van der Waals surface area contributed by atoms with E-state index in [9.17, 15) is 0 Å². The van der Waals surface area contributed by atoms with Crippen LogP contribution in [0.1, 0.15) is 20.8 Å². The van der Waals surface area contributed by atoms with Gasteiger partial charge in [-0.2, -0.15) is 0 Å². The zero-order chi connectivity index (χ0) is 11.0. The largest absolute Gasteiger partial charge is 0.303 e. The third kappa shape index (κ3) is 6.67. The van der Waals surface area contributed by atoms with Crippen molar-refractivity contribution in [2.24, 2.45) is 5.92 Å². The van der Waals surface area contributed by atoms with E-state index in [1.165, 1.54) is 5.57 Å². The Balaban J connectivity index is 3.98. The fourth-order valence-electron chi connectivity index (χ4n) is 1.06. The molecule has 0 spiro atoms. The molecule has 14 heavy (non-hydrogen) atoms. The van der Waals surface area contributed by atoms with E-state index in [1.807, 2.05) is 6.08 Å². The molecule has 0 fully saturated rings. The Morgan fingerprint density at radius 2 is 2.14 bits per heavy atom. The van der Waals surface area contributed by atoms with Crippen LogP contribution < -0.4 is 0 Å². The first-order valence-electron chi connectivity index (χ1n) is 5.25. The molecule has 0 amide bonds. The third-order valence-corrected chi connectivity index (χ3v) is 2.23. The highest BCUT2D eigenvalue weighted by Gasteiger charge is 1.93. The second-order valence-corrected chi connectivity index (χ2v) is 3.82. The molecule has 1 atom stereocenters. The van der Waals surface area contributed by atoms with Gasteiger partial charge in [0.25, 0.3) is 0 Å². The zero-order valence-electron chi connectivity index (χ0n) is 9.96. The molecule has 0 aliphatic heterocycles. The van der Waals surface area contributed by atoms with E-state index in [0.29, 0.717) is 5.92 Å². The van der Waals surface area contributed by atoms with Crippen molar-refractivity contribution in [3.05, 3.63) is 36.5 Å². The maximum atomic E-state index is 3.74.